The second-order valence-corrected chi connectivity index (χ2v) is 0.489. The van der Waals surface area contributed by atoms with E-state index in [9.17, 15) is 0 Å². The Balaban J connectivity index is 0. The summed E-state index contributed by atoms with van der Waals surface area (Å²) in [4.78, 5) is 8.57. The van der Waals surface area contributed by atoms with Crippen LogP contribution in [0.25, 0.3) is 0 Å². The summed E-state index contributed by atoms with van der Waals surface area (Å²) < 4.78 is -1.03. The number of nitro groups is 1. The van der Waals surface area contributed by atoms with Crippen LogP contribution in [0.2, 0.25) is 0 Å². The summed E-state index contributed by atoms with van der Waals surface area (Å²) in [5.41, 5.74) is 0. The molecule has 0 atom stereocenters. The van der Waals surface area contributed by atoms with Crippen LogP contribution in [0.1, 0.15) is 0 Å². The van der Waals surface area contributed by atoms with Gasteiger partial charge in [-0.3, -0.25) is 0 Å². The van der Waals surface area contributed by atoms with Crippen molar-refractivity contribution < 1.29 is 31.7 Å². The van der Waals surface area contributed by atoms with E-state index in [1.165, 1.54) is 0 Å². The predicted octanol–water partition coefficient (Wildman–Crippen LogP) is 0.414. The van der Waals surface area contributed by atoms with Crippen LogP contribution >= 0.6 is 11.8 Å². The maximum atomic E-state index is 8.57. The second-order valence-electron chi connectivity index (χ2n) is 0.213. The molecule has 0 spiro atoms. The van der Waals surface area contributed by atoms with Gasteiger partial charge in [0, 0.05) is 27.3 Å². The van der Waals surface area contributed by atoms with Crippen LogP contribution in [-0.4, -0.2) is 4.44 Å². The van der Waals surface area contributed by atoms with Gasteiger partial charge in [-0.15, -0.1) is 0 Å². The van der Waals surface area contributed by atoms with Crippen molar-refractivity contribution in [2.75, 3.05) is 0 Å². The smallest absolute Gasteiger partial charge is 0.243 e. The minimum atomic E-state index is -1.03. The monoisotopic (exact) mass is 195 g/mol. The fourth-order valence-corrected chi connectivity index (χ4v) is 0. The van der Waals surface area contributed by atoms with Crippen LogP contribution in [-0.2, 0) is 27.3 Å². The first-order valence-corrected chi connectivity index (χ1v) is 0.872. The standard InChI is InChI=1S/Cd.ClNO2/c;1-2(3)4. The van der Waals surface area contributed by atoms with Crippen LogP contribution in [0.3, 0.4) is 0 Å². The average molecular weight is 194 g/mol. The molecule has 0 N–H and O–H groups in total. The Kier molecular flexibility index (Phi) is 8.44. The zero-order valence-electron chi connectivity index (χ0n) is 2.35. The van der Waals surface area contributed by atoms with Gasteiger partial charge >= 0.3 is 11.8 Å². The van der Waals surface area contributed by atoms with Gasteiger partial charge < -0.3 is 0 Å². The van der Waals surface area contributed by atoms with Gasteiger partial charge in [-0.2, -0.15) is 0 Å². The molecule has 0 aromatic carbocycles. The number of hydrogen-bond acceptors (Lipinski definition) is 2. The van der Waals surface area contributed by atoms with E-state index < -0.39 is 4.44 Å². The van der Waals surface area contributed by atoms with Crippen LogP contribution in [0.4, 0.5) is 0 Å². The number of nitrogens with zero attached hydrogens (tertiary/aromatic N) is 1. The molecule has 0 bridgehead atoms. The first-order valence-electron chi connectivity index (χ1n) is 0.534. The Morgan fingerprint density at radius 3 is 1.80 bits per heavy atom. The third-order valence-electron chi connectivity index (χ3n) is 0. The van der Waals surface area contributed by atoms with Crippen molar-refractivity contribution >= 4 is 11.8 Å². The molecule has 26 valence electrons. The van der Waals surface area contributed by atoms with Gasteiger partial charge in [-0.25, -0.2) is 10.1 Å². The van der Waals surface area contributed by atoms with E-state index in [1.807, 2.05) is 0 Å². The van der Waals surface area contributed by atoms with E-state index in [4.69, 9.17) is 10.1 Å². The molecule has 0 aromatic heterocycles. The van der Waals surface area contributed by atoms with E-state index >= 15 is 0 Å². The van der Waals surface area contributed by atoms with Crippen molar-refractivity contribution in [3.05, 3.63) is 10.1 Å². The summed E-state index contributed by atoms with van der Waals surface area (Å²) in [5, 5.41) is 8.57. The zero-order valence-corrected chi connectivity index (χ0v) is 7.14. The largest absolute Gasteiger partial charge is 0.333 e. The molecule has 0 amide bonds. The van der Waals surface area contributed by atoms with Crippen molar-refractivity contribution in [1.82, 2.24) is 0 Å². The van der Waals surface area contributed by atoms with Gasteiger partial charge in [0.05, 0.1) is 0 Å². The number of rotatable bonds is 0. The van der Waals surface area contributed by atoms with Crippen molar-refractivity contribution in [2.45, 2.75) is 0 Å². The van der Waals surface area contributed by atoms with E-state index in [0.717, 1.165) is 0 Å². The Morgan fingerprint density at radius 1 is 1.80 bits per heavy atom. The van der Waals surface area contributed by atoms with Crippen LogP contribution in [0.15, 0.2) is 0 Å². The molecule has 0 saturated heterocycles. The molecule has 0 heterocycles. The molecule has 0 aromatic rings. The molecule has 0 aliphatic rings. The molecular formula is CdClNO2. The van der Waals surface area contributed by atoms with E-state index in [2.05, 4.69) is 11.8 Å². The molecule has 5 heavy (non-hydrogen) atoms. The molecular weight excluding hydrogens is 194 g/mol. The molecule has 0 fully saturated rings. The average Bonchev–Trinajstić information content (AvgIpc) is 0.811. The van der Waals surface area contributed by atoms with Crippen LogP contribution in [0, 0.1) is 10.1 Å². The van der Waals surface area contributed by atoms with Crippen LogP contribution in [0.5, 0.6) is 0 Å². The first-order chi connectivity index (χ1) is 1.73. The summed E-state index contributed by atoms with van der Waals surface area (Å²) in [5.74, 6) is 0. The number of halogens is 1. The number of hydrogen-bond donors (Lipinski definition) is 0. The van der Waals surface area contributed by atoms with Crippen LogP contribution < -0.4 is 0 Å². The molecule has 0 unspecified atom stereocenters. The molecule has 0 aliphatic heterocycles. The summed E-state index contributed by atoms with van der Waals surface area (Å²) in [6.07, 6.45) is 0. The first kappa shape index (κ1) is 9.15. The summed E-state index contributed by atoms with van der Waals surface area (Å²) in [6, 6.07) is 0. The molecule has 0 rings (SSSR count). The van der Waals surface area contributed by atoms with E-state index in [-0.39, 0.29) is 27.3 Å². The van der Waals surface area contributed by atoms with Gasteiger partial charge in [0.25, 0.3) is 0 Å². The van der Waals surface area contributed by atoms with Crippen molar-refractivity contribution in [3.63, 3.8) is 0 Å². The fourth-order valence-electron chi connectivity index (χ4n) is 0. The molecule has 5 heteroatoms. The normalized spacial score (nSPS) is 5.00. The van der Waals surface area contributed by atoms with Gasteiger partial charge in [0.15, 0.2) is 4.44 Å². The van der Waals surface area contributed by atoms with Crippen molar-refractivity contribution in [1.29, 1.82) is 0 Å². The maximum absolute atomic E-state index is 8.57. The van der Waals surface area contributed by atoms with Gasteiger partial charge in [-0.1, -0.05) is 0 Å². The summed E-state index contributed by atoms with van der Waals surface area (Å²) in [6.45, 7) is 0. The summed E-state index contributed by atoms with van der Waals surface area (Å²) in [7, 11) is 0. The Bertz CT molecular complexity index is 32.6. The SMILES string of the molecule is O=[N+]([O-])Cl.[Cd]. The predicted molar refractivity (Wildman–Crippen MR) is 12.8 cm³/mol. The third kappa shape index (κ3) is 84.0. The third-order valence-corrected chi connectivity index (χ3v) is 0. The summed E-state index contributed by atoms with van der Waals surface area (Å²) >= 11 is 4.00. The quantitative estimate of drug-likeness (QED) is 0.242. The van der Waals surface area contributed by atoms with Gasteiger partial charge in [-0.05, 0) is 0 Å². The Morgan fingerprint density at radius 2 is 1.80 bits per heavy atom. The van der Waals surface area contributed by atoms with Crippen molar-refractivity contribution in [3.8, 4) is 0 Å². The molecule has 0 aliphatic carbocycles. The fraction of sp³-hybridized carbons (Fsp3) is 0. The topological polar surface area (TPSA) is 43.1 Å². The Hall–Kier alpha value is 0.612. The zero-order chi connectivity index (χ0) is 3.58. The molecule has 0 saturated carbocycles. The van der Waals surface area contributed by atoms with E-state index in [0.29, 0.717) is 0 Å². The van der Waals surface area contributed by atoms with Gasteiger partial charge in [0.1, 0.15) is 0 Å². The molecule has 3 nitrogen and oxygen atoms in total. The molecule has 0 radical (unpaired) electrons. The van der Waals surface area contributed by atoms with Gasteiger partial charge in [0.2, 0.25) is 0 Å². The van der Waals surface area contributed by atoms with Crippen molar-refractivity contribution in [2.24, 2.45) is 0 Å². The minimum Gasteiger partial charge on any atom is -0.243 e. The Labute approximate surface area is 53.7 Å². The minimum absolute atomic E-state index is 0. The van der Waals surface area contributed by atoms with E-state index in [1.54, 1.807) is 0 Å². The second kappa shape index (κ2) is 4.61. The maximum Gasteiger partial charge on any atom is 0.333 e.